The highest BCUT2D eigenvalue weighted by Gasteiger charge is 2.50. The molecule has 0 amide bonds. The number of para-hydroxylation sites is 2. The highest BCUT2D eigenvalue weighted by Crippen LogP contribution is 2.63. The third kappa shape index (κ3) is 4.40. The van der Waals surface area contributed by atoms with Crippen molar-refractivity contribution in [3.8, 4) is 27.9 Å². The molecular formula is C57H36N2. The van der Waals surface area contributed by atoms with E-state index in [0.29, 0.717) is 0 Å². The van der Waals surface area contributed by atoms with Crippen LogP contribution in [-0.4, -0.2) is 4.57 Å². The first-order chi connectivity index (χ1) is 29.3. The highest BCUT2D eigenvalue weighted by atomic mass is 15.1. The molecule has 0 N–H and O–H groups in total. The molecule has 2 heteroatoms. The number of aromatic nitrogens is 1. The first-order valence-electron chi connectivity index (χ1n) is 20.5. The molecule has 0 fully saturated rings. The Hall–Kier alpha value is -7.68. The molecule has 0 saturated heterocycles. The maximum Gasteiger partial charge on any atom is 0.0727 e. The van der Waals surface area contributed by atoms with E-state index in [1.54, 1.807) is 0 Å². The normalized spacial score (nSPS) is 13.2. The van der Waals surface area contributed by atoms with Crippen molar-refractivity contribution in [3.63, 3.8) is 0 Å². The fraction of sp³-hybridized carbons (Fsp3) is 0.0175. The predicted molar refractivity (Wildman–Crippen MR) is 247 cm³/mol. The first-order valence-corrected chi connectivity index (χ1v) is 20.5. The summed E-state index contributed by atoms with van der Waals surface area (Å²) in [5, 5.41) is 7.78. The van der Waals surface area contributed by atoms with Crippen molar-refractivity contribution in [1.29, 1.82) is 0 Å². The lowest BCUT2D eigenvalue weighted by molar-refractivity contribution is 0.783. The molecule has 274 valence electrons. The van der Waals surface area contributed by atoms with Crippen LogP contribution in [0.5, 0.6) is 0 Å². The topological polar surface area (TPSA) is 8.17 Å². The van der Waals surface area contributed by atoms with Gasteiger partial charge in [-0.05, 0) is 127 Å². The van der Waals surface area contributed by atoms with Gasteiger partial charge in [0.25, 0.3) is 0 Å². The molecule has 11 aromatic rings. The Morgan fingerprint density at radius 3 is 1.68 bits per heavy atom. The van der Waals surface area contributed by atoms with E-state index in [1.807, 2.05) is 0 Å². The van der Waals surface area contributed by atoms with Gasteiger partial charge in [0.15, 0.2) is 0 Å². The van der Waals surface area contributed by atoms with Crippen molar-refractivity contribution in [3.05, 3.63) is 241 Å². The number of nitrogens with zero attached hydrogens (tertiary/aromatic N) is 2. The molecule has 1 spiro atoms. The van der Waals surface area contributed by atoms with E-state index in [2.05, 4.69) is 228 Å². The Kier molecular flexibility index (Phi) is 6.68. The fourth-order valence-electron chi connectivity index (χ4n) is 10.7. The molecule has 2 nitrogen and oxygen atoms in total. The molecule has 0 bridgehead atoms. The van der Waals surface area contributed by atoms with E-state index in [1.165, 1.54) is 87.9 Å². The molecule has 0 saturated carbocycles. The second-order valence-corrected chi connectivity index (χ2v) is 16.0. The molecule has 0 radical (unpaired) electrons. The largest absolute Gasteiger partial charge is 0.310 e. The molecule has 1 aromatic heterocycles. The third-order valence-corrected chi connectivity index (χ3v) is 13.1. The van der Waals surface area contributed by atoms with Crippen molar-refractivity contribution in [2.24, 2.45) is 0 Å². The second kappa shape index (κ2) is 12.2. The van der Waals surface area contributed by atoms with Crippen LogP contribution in [0.4, 0.5) is 17.1 Å². The lowest BCUT2D eigenvalue weighted by Gasteiger charge is -2.38. The van der Waals surface area contributed by atoms with Crippen LogP contribution >= 0.6 is 0 Å². The molecule has 13 rings (SSSR count). The number of hydrogen-bond acceptors (Lipinski definition) is 1. The number of benzene rings is 10. The molecule has 1 heterocycles. The Labute approximate surface area is 342 Å². The van der Waals surface area contributed by atoms with Gasteiger partial charge in [-0.2, -0.15) is 0 Å². The monoisotopic (exact) mass is 748 g/mol. The van der Waals surface area contributed by atoms with Crippen LogP contribution < -0.4 is 4.90 Å². The van der Waals surface area contributed by atoms with Gasteiger partial charge in [0.1, 0.15) is 0 Å². The second-order valence-electron chi connectivity index (χ2n) is 16.0. The number of fused-ring (bicyclic) bond motifs is 8. The van der Waals surface area contributed by atoms with Gasteiger partial charge < -0.3 is 9.47 Å². The Morgan fingerprint density at radius 2 is 0.915 bits per heavy atom. The average molecular weight is 749 g/mol. The minimum absolute atomic E-state index is 0.534. The summed E-state index contributed by atoms with van der Waals surface area (Å²) in [5.74, 6) is 0. The molecule has 2 aliphatic rings. The van der Waals surface area contributed by atoms with Crippen molar-refractivity contribution >= 4 is 60.4 Å². The van der Waals surface area contributed by atoms with Crippen LogP contribution in [0.3, 0.4) is 0 Å². The van der Waals surface area contributed by atoms with Crippen LogP contribution in [0.25, 0.3) is 71.3 Å². The summed E-state index contributed by atoms with van der Waals surface area (Å²) in [4.78, 5) is 2.45. The quantitative estimate of drug-likeness (QED) is 0.170. The molecule has 0 atom stereocenters. The van der Waals surface area contributed by atoms with Gasteiger partial charge in [0, 0.05) is 33.5 Å². The molecule has 0 aliphatic heterocycles. The maximum absolute atomic E-state index is 2.52. The van der Waals surface area contributed by atoms with Gasteiger partial charge >= 0.3 is 0 Å². The Bertz CT molecular complexity index is 3440. The summed E-state index contributed by atoms with van der Waals surface area (Å²) in [7, 11) is 0. The predicted octanol–water partition coefficient (Wildman–Crippen LogP) is 14.9. The summed E-state index contributed by atoms with van der Waals surface area (Å²) in [6.45, 7) is 0. The minimum Gasteiger partial charge on any atom is -0.310 e. The molecule has 59 heavy (non-hydrogen) atoms. The third-order valence-electron chi connectivity index (χ3n) is 13.1. The molecule has 0 unspecified atom stereocenters. The van der Waals surface area contributed by atoms with Gasteiger partial charge in [0.2, 0.25) is 0 Å². The summed E-state index contributed by atoms with van der Waals surface area (Å²) in [5.41, 5.74) is 16.8. The van der Waals surface area contributed by atoms with Gasteiger partial charge in [-0.1, -0.05) is 158 Å². The van der Waals surface area contributed by atoms with Crippen LogP contribution in [0.15, 0.2) is 218 Å². The molecule has 10 aromatic carbocycles. The molecule has 2 aliphatic carbocycles. The van der Waals surface area contributed by atoms with Crippen LogP contribution in [0, 0.1) is 0 Å². The molecular weight excluding hydrogens is 713 g/mol. The zero-order chi connectivity index (χ0) is 38.7. The van der Waals surface area contributed by atoms with Gasteiger partial charge in [-0.3, -0.25) is 0 Å². The van der Waals surface area contributed by atoms with E-state index >= 15 is 0 Å². The number of hydrogen-bond donors (Lipinski definition) is 0. The summed E-state index contributed by atoms with van der Waals surface area (Å²) >= 11 is 0. The zero-order valence-corrected chi connectivity index (χ0v) is 32.2. The average Bonchev–Trinajstić information content (AvgIpc) is 3.80. The Morgan fingerprint density at radius 1 is 0.322 bits per heavy atom. The van der Waals surface area contributed by atoms with Crippen LogP contribution in [-0.2, 0) is 5.41 Å². The van der Waals surface area contributed by atoms with Crippen molar-refractivity contribution in [2.45, 2.75) is 5.41 Å². The smallest absolute Gasteiger partial charge is 0.0727 e. The summed E-state index contributed by atoms with van der Waals surface area (Å²) < 4.78 is 2.51. The summed E-state index contributed by atoms with van der Waals surface area (Å²) in [6, 6.07) is 81.1. The van der Waals surface area contributed by atoms with Gasteiger partial charge in [-0.25, -0.2) is 0 Å². The van der Waals surface area contributed by atoms with Crippen LogP contribution in [0.2, 0.25) is 0 Å². The van der Waals surface area contributed by atoms with E-state index < -0.39 is 5.41 Å². The minimum atomic E-state index is -0.534. The van der Waals surface area contributed by atoms with Crippen molar-refractivity contribution in [2.75, 3.05) is 4.90 Å². The first kappa shape index (κ1) is 32.4. The standard InChI is InChI=1S/C57H36N2/c1-3-17-42(18-4-1)58(44-31-28-38(29-32-44)41-27-26-37-14-7-8-15-40(37)34-41)45-35-51-55-53(36-45)59(43-19-5-2-6-20-43)52-33-30-39-16-13-25-50(54(39)56(52)55)57(51)48-23-11-9-21-46(48)47-22-10-12-24-49(47)57/h1-36H. The maximum atomic E-state index is 2.52. The van der Waals surface area contributed by atoms with E-state index in [0.717, 1.165) is 22.7 Å². The SMILES string of the molecule is c1ccc(N(c2ccc(-c3ccc4ccccc4c3)cc2)c2cc3c4c5c6c(cccc6ccc5n(-c5ccccc5)c4c2)C32c3ccccc3-c3ccccc32)cc1. The lowest BCUT2D eigenvalue weighted by atomic mass is 9.63. The van der Waals surface area contributed by atoms with Gasteiger partial charge in [0.05, 0.1) is 16.4 Å². The fourth-order valence-corrected chi connectivity index (χ4v) is 10.7. The van der Waals surface area contributed by atoms with E-state index in [9.17, 15) is 0 Å². The zero-order valence-electron chi connectivity index (χ0n) is 32.2. The van der Waals surface area contributed by atoms with Crippen LogP contribution in [0.1, 0.15) is 22.3 Å². The van der Waals surface area contributed by atoms with E-state index in [4.69, 9.17) is 0 Å². The van der Waals surface area contributed by atoms with Crippen molar-refractivity contribution in [1.82, 2.24) is 4.57 Å². The summed E-state index contributed by atoms with van der Waals surface area (Å²) in [6.07, 6.45) is 0. The number of rotatable bonds is 5. The Balaban J connectivity index is 1.14. The lowest BCUT2D eigenvalue weighted by Crippen LogP contribution is -2.31. The van der Waals surface area contributed by atoms with Crippen molar-refractivity contribution < 1.29 is 0 Å². The van der Waals surface area contributed by atoms with Gasteiger partial charge in [-0.15, -0.1) is 0 Å². The van der Waals surface area contributed by atoms with E-state index in [-0.39, 0.29) is 0 Å². The number of anilines is 3. The highest BCUT2D eigenvalue weighted by molar-refractivity contribution is 6.27.